The molecule has 7 aromatic carbocycles. The number of fused-ring (bicyclic) bond motifs is 2. The molecule has 4 heteroatoms. The Morgan fingerprint density at radius 2 is 0.571 bits per heavy atom. The summed E-state index contributed by atoms with van der Waals surface area (Å²) < 4.78 is 26.4. The van der Waals surface area contributed by atoms with E-state index < -0.39 is 0 Å². The molecule has 0 saturated carbocycles. The van der Waals surface area contributed by atoms with E-state index in [1.54, 1.807) is 0 Å². The molecule has 0 atom stereocenters. The Hall–Kier alpha value is -5.74. The molecule has 202 valence electrons. The largest absolute Gasteiger partial charge is 0.457 e. The minimum Gasteiger partial charge on any atom is -0.457 e. The van der Waals surface area contributed by atoms with E-state index in [4.69, 9.17) is 18.9 Å². The van der Waals surface area contributed by atoms with E-state index in [9.17, 15) is 0 Å². The minimum absolute atomic E-state index is 0.650. The highest BCUT2D eigenvalue weighted by molar-refractivity contribution is 6.15. The topological polar surface area (TPSA) is 36.9 Å². The number of ether oxygens (including phenoxy) is 4. The van der Waals surface area contributed by atoms with Gasteiger partial charge in [-0.25, -0.2) is 0 Å². The zero-order valence-electron chi connectivity index (χ0n) is 22.6. The number of benzene rings is 7. The van der Waals surface area contributed by atoms with Gasteiger partial charge in [0.25, 0.3) is 0 Å². The molecule has 0 spiro atoms. The molecule has 0 aromatic heterocycles. The molecule has 0 saturated heterocycles. The van der Waals surface area contributed by atoms with E-state index in [-0.39, 0.29) is 0 Å². The van der Waals surface area contributed by atoms with Gasteiger partial charge in [-0.05, 0) is 60.7 Å². The molecule has 0 amide bonds. The number of hydrogen-bond donors (Lipinski definition) is 0. The predicted molar refractivity (Wildman–Crippen MR) is 168 cm³/mol. The van der Waals surface area contributed by atoms with Crippen LogP contribution in [0.25, 0.3) is 21.5 Å². The highest BCUT2D eigenvalue weighted by Crippen LogP contribution is 2.52. The van der Waals surface area contributed by atoms with E-state index in [1.165, 1.54) is 0 Å². The van der Waals surface area contributed by atoms with Gasteiger partial charge >= 0.3 is 0 Å². The van der Waals surface area contributed by atoms with Gasteiger partial charge in [0.2, 0.25) is 0 Å². The summed E-state index contributed by atoms with van der Waals surface area (Å²) in [4.78, 5) is 0. The number of hydrogen-bond acceptors (Lipinski definition) is 4. The second-order valence-corrected chi connectivity index (χ2v) is 9.68. The third-order valence-electron chi connectivity index (χ3n) is 6.86. The Morgan fingerprint density at radius 1 is 0.262 bits per heavy atom. The predicted octanol–water partition coefficient (Wildman–Crippen LogP) is 11.2. The van der Waals surface area contributed by atoms with Gasteiger partial charge in [-0.2, -0.15) is 0 Å². The molecular formula is C38H26O4. The van der Waals surface area contributed by atoms with Crippen molar-refractivity contribution in [3.05, 3.63) is 158 Å². The van der Waals surface area contributed by atoms with E-state index in [2.05, 4.69) is 0 Å². The maximum atomic E-state index is 6.70. The Bertz CT molecular complexity index is 1810. The van der Waals surface area contributed by atoms with Crippen molar-refractivity contribution in [1.29, 1.82) is 0 Å². The fourth-order valence-electron chi connectivity index (χ4n) is 5.00. The van der Waals surface area contributed by atoms with E-state index in [0.29, 0.717) is 34.5 Å². The van der Waals surface area contributed by atoms with Crippen LogP contribution in [0.15, 0.2) is 158 Å². The van der Waals surface area contributed by atoms with Crippen LogP contribution in [0.2, 0.25) is 0 Å². The van der Waals surface area contributed by atoms with Crippen molar-refractivity contribution in [2.45, 2.75) is 0 Å². The first-order valence-corrected chi connectivity index (χ1v) is 13.8. The smallest absolute Gasteiger partial charge is 0.147 e. The molecular weight excluding hydrogens is 520 g/mol. The average Bonchev–Trinajstić information content (AvgIpc) is 3.05. The molecule has 7 rings (SSSR count). The van der Waals surface area contributed by atoms with Crippen molar-refractivity contribution in [2.24, 2.45) is 0 Å². The first kappa shape index (κ1) is 25.2. The van der Waals surface area contributed by atoms with Gasteiger partial charge < -0.3 is 18.9 Å². The van der Waals surface area contributed by atoms with Crippen LogP contribution in [0.4, 0.5) is 0 Å². The zero-order chi connectivity index (χ0) is 28.1. The SMILES string of the molecule is c1ccc(Oc2cccc3c(Oc4ccccc4)c4c(Oc5ccccc5)cccc4c(Oc4ccccc4)c23)cc1. The molecule has 0 heterocycles. The number of para-hydroxylation sites is 4. The lowest BCUT2D eigenvalue weighted by Crippen LogP contribution is -1.97. The highest BCUT2D eigenvalue weighted by atomic mass is 16.5. The molecule has 0 fully saturated rings. The molecule has 4 nitrogen and oxygen atoms in total. The van der Waals surface area contributed by atoms with Crippen LogP contribution in [0, 0.1) is 0 Å². The van der Waals surface area contributed by atoms with Crippen LogP contribution in [-0.2, 0) is 0 Å². The van der Waals surface area contributed by atoms with E-state index in [0.717, 1.165) is 33.0 Å². The van der Waals surface area contributed by atoms with Gasteiger partial charge in [-0.15, -0.1) is 0 Å². The highest BCUT2D eigenvalue weighted by Gasteiger charge is 2.24. The first-order chi connectivity index (χ1) is 20.8. The summed E-state index contributed by atoms with van der Waals surface area (Å²) in [7, 11) is 0. The second kappa shape index (κ2) is 11.4. The summed E-state index contributed by atoms with van der Waals surface area (Å²) in [6.45, 7) is 0. The van der Waals surface area contributed by atoms with Crippen LogP contribution in [0.1, 0.15) is 0 Å². The summed E-state index contributed by atoms with van der Waals surface area (Å²) in [6, 6.07) is 50.9. The monoisotopic (exact) mass is 546 g/mol. The Labute approximate surface area is 243 Å². The van der Waals surface area contributed by atoms with E-state index in [1.807, 2.05) is 158 Å². The molecule has 7 aromatic rings. The standard InChI is InChI=1S/C38H26O4/c1-5-15-27(16-6-1)39-33-25-13-23-31-35(33)37(41-29-19-9-3-10-20-29)32-24-14-26-34(40-28-17-7-2-8-18-28)36(32)38(31)42-30-21-11-4-12-22-30/h1-26H. The molecule has 0 unspecified atom stereocenters. The maximum absolute atomic E-state index is 6.70. The molecule has 0 N–H and O–H groups in total. The Morgan fingerprint density at radius 3 is 0.905 bits per heavy atom. The fourth-order valence-corrected chi connectivity index (χ4v) is 5.00. The lowest BCUT2D eigenvalue weighted by atomic mass is 9.98. The molecule has 0 aliphatic heterocycles. The van der Waals surface area contributed by atoms with Gasteiger partial charge in [-0.3, -0.25) is 0 Å². The van der Waals surface area contributed by atoms with Crippen LogP contribution in [-0.4, -0.2) is 0 Å². The quantitative estimate of drug-likeness (QED) is 0.178. The summed E-state index contributed by atoms with van der Waals surface area (Å²) >= 11 is 0. The first-order valence-electron chi connectivity index (χ1n) is 13.8. The van der Waals surface area contributed by atoms with Crippen molar-refractivity contribution in [1.82, 2.24) is 0 Å². The van der Waals surface area contributed by atoms with Gasteiger partial charge in [-0.1, -0.05) is 97.1 Å². The van der Waals surface area contributed by atoms with Crippen molar-refractivity contribution < 1.29 is 18.9 Å². The van der Waals surface area contributed by atoms with Crippen LogP contribution in [0.5, 0.6) is 46.0 Å². The molecule has 0 aliphatic carbocycles. The molecule has 0 bridgehead atoms. The minimum atomic E-state index is 0.650. The zero-order valence-corrected chi connectivity index (χ0v) is 22.6. The molecule has 0 radical (unpaired) electrons. The normalized spacial score (nSPS) is 10.9. The third-order valence-corrected chi connectivity index (χ3v) is 6.86. The van der Waals surface area contributed by atoms with Crippen LogP contribution < -0.4 is 18.9 Å². The van der Waals surface area contributed by atoms with Gasteiger partial charge in [0, 0.05) is 10.8 Å². The lowest BCUT2D eigenvalue weighted by Gasteiger charge is -2.21. The van der Waals surface area contributed by atoms with Crippen molar-refractivity contribution in [2.75, 3.05) is 0 Å². The Kier molecular flexibility index (Phi) is 6.85. The van der Waals surface area contributed by atoms with Crippen LogP contribution >= 0.6 is 0 Å². The second-order valence-electron chi connectivity index (χ2n) is 9.68. The summed E-state index contributed by atoms with van der Waals surface area (Å²) in [5, 5.41) is 3.24. The molecule has 0 aliphatic rings. The van der Waals surface area contributed by atoms with Gasteiger partial charge in [0.05, 0.1) is 10.8 Å². The summed E-state index contributed by atoms with van der Waals surface area (Å²) in [5.41, 5.74) is 0. The Balaban J connectivity index is 1.55. The van der Waals surface area contributed by atoms with Crippen molar-refractivity contribution in [3.8, 4) is 46.0 Å². The summed E-state index contributed by atoms with van der Waals surface area (Å²) in [5.74, 6) is 5.47. The average molecular weight is 547 g/mol. The lowest BCUT2D eigenvalue weighted by molar-refractivity contribution is 0.466. The van der Waals surface area contributed by atoms with Crippen molar-refractivity contribution >= 4 is 21.5 Å². The maximum Gasteiger partial charge on any atom is 0.147 e. The molecule has 42 heavy (non-hydrogen) atoms. The third kappa shape index (κ3) is 5.09. The van der Waals surface area contributed by atoms with Crippen LogP contribution in [0.3, 0.4) is 0 Å². The van der Waals surface area contributed by atoms with Gasteiger partial charge in [0.1, 0.15) is 46.0 Å². The van der Waals surface area contributed by atoms with E-state index >= 15 is 0 Å². The van der Waals surface area contributed by atoms with Gasteiger partial charge in [0.15, 0.2) is 0 Å². The summed E-state index contributed by atoms with van der Waals surface area (Å²) in [6.07, 6.45) is 0. The fraction of sp³-hybridized carbons (Fsp3) is 0. The number of rotatable bonds is 8. The van der Waals surface area contributed by atoms with Crippen molar-refractivity contribution in [3.63, 3.8) is 0 Å².